The van der Waals surface area contributed by atoms with Crippen molar-refractivity contribution in [2.75, 3.05) is 11.5 Å². The molecule has 4 amide bonds. The number of nitrogens with zero attached hydrogens (tertiary/aromatic N) is 4. The Bertz CT molecular complexity index is 2050. The number of carbonyl (C=O) groups is 4. The molecule has 4 N–H and O–H groups in total. The number of thioether (sulfide) groups is 4. The number of hydrogen-bond donors (Lipinski definition) is 4. The van der Waals surface area contributed by atoms with Crippen LogP contribution in [0.2, 0.25) is 0 Å². The molecular formula is C56H84N8O4S4. The van der Waals surface area contributed by atoms with Crippen LogP contribution in [0.1, 0.15) is 125 Å². The summed E-state index contributed by atoms with van der Waals surface area (Å²) in [6, 6.07) is 38.2. The van der Waals surface area contributed by atoms with E-state index in [4.69, 9.17) is 0 Å². The lowest BCUT2D eigenvalue weighted by Crippen LogP contribution is -2.19. The molecule has 12 nitrogen and oxygen atoms in total. The Morgan fingerprint density at radius 1 is 0.347 bits per heavy atom. The number of para-hydroxylation sites is 4. The van der Waals surface area contributed by atoms with Gasteiger partial charge in [0.1, 0.15) is 0 Å². The summed E-state index contributed by atoms with van der Waals surface area (Å²) in [6.45, 7) is 35.7. The van der Waals surface area contributed by atoms with Crippen LogP contribution < -0.4 is 21.3 Å². The Morgan fingerprint density at radius 3 is 0.750 bits per heavy atom. The maximum Gasteiger partial charge on any atom is 0.263 e. The third kappa shape index (κ3) is 33.1. The first-order chi connectivity index (χ1) is 35.3. The van der Waals surface area contributed by atoms with Gasteiger partial charge in [-0.25, -0.2) is 20.0 Å². The average molecular weight is 1060 g/mol. The van der Waals surface area contributed by atoms with Gasteiger partial charge in [0.15, 0.2) is 20.7 Å². The van der Waals surface area contributed by atoms with Gasteiger partial charge in [-0.15, -0.1) is 0 Å². The summed E-state index contributed by atoms with van der Waals surface area (Å²) < 4.78 is 0. The van der Waals surface area contributed by atoms with Gasteiger partial charge in [-0.2, -0.15) is 0 Å². The van der Waals surface area contributed by atoms with Crippen molar-refractivity contribution in [3.63, 3.8) is 0 Å². The summed E-state index contributed by atoms with van der Waals surface area (Å²) in [5, 5.41) is 13.4. The van der Waals surface area contributed by atoms with Gasteiger partial charge in [0.25, 0.3) is 11.8 Å². The standard InChI is InChI=1S/2C11H10N2OS.2C9H8N2OS.8C2H6/c2*1-2-9-10(14)13-11(15-9)12-8-6-4-3-5-7-8;2*12-8-6-13-9(11-8)10-7-4-2-1-3-5-7;8*1-2/h2*2-7H,1H3,(H,12,13,14);2*1-5H,6H2,(H,10,11,12);8*1-2H3. The lowest BCUT2D eigenvalue weighted by molar-refractivity contribution is -0.117. The highest BCUT2D eigenvalue weighted by atomic mass is 32.2. The van der Waals surface area contributed by atoms with E-state index in [0.29, 0.717) is 42.0 Å². The van der Waals surface area contributed by atoms with Crippen molar-refractivity contribution in [1.29, 1.82) is 0 Å². The Labute approximate surface area is 451 Å². The fourth-order valence-electron chi connectivity index (χ4n) is 4.40. The number of amides is 4. The van der Waals surface area contributed by atoms with E-state index in [-0.39, 0.29) is 23.6 Å². The number of benzene rings is 4. The zero-order chi connectivity index (χ0) is 55.5. The highest BCUT2D eigenvalue weighted by Crippen LogP contribution is 2.26. The first-order valence-electron chi connectivity index (χ1n) is 25.0. The lowest BCUT2D eigenvalue weighted by atomic mass is 10.3. The minimum absolute atomic E-state index is 0.0275. The van der Waals surface area contributed by atoms with E-state index in [0.717, 1.165) is 22.7 Å². The second kappa shape index (κ2) is 51.7. The van der Waals surface area contributed by atoms with Crippen molar-refractivity contribution in [2.24, 2.45) is 20.0 Å². The molecule has 4 aliphatic rings. The summed E-state index contributed by atoms with van der Waals surface area (Å²) in [5.74, 6) is 0.867. The zero-order valence-electron chi connectivity index (χ0n) is 46.2. The predicted octanol–water partition coefficient (Wildman–Crippen LogP) is 16.2. The van der Waals surface area contributed by atoms with Gasteiger partial charge < -0.3 is 21.3 Å². The van der Waals surface area contributed by atoms with Crippen LogP contribution in [0.3, 0.4) is 0 Å². The minimum Gasteiger partial charge on any atom is -0.304 e. The molecule has 4 aromatic carbocycles. The zero-order valence-corrected chi connectivity index (χ0v) is 49.4. The molecule has 0 atom stereocenters. The van der Waals surface area contributed by atoms with E-state index in [2.05, 4.69) is 41.2 Å². The highest BCUT2D eigenvalue weighted by molar-refractivity contribution is 8.19. The monoisotopic (exact) mass is 1060 g/mol. The van der Waals surface area contributed by atoms with Crippen LogP contribution in [0.4, 0.5) is 22.7 Å². The van der Waals surface area contributed by atoms with Crippen molar-refractivity contribution in [3.05, 3.63) is 143 Å². The summed E-state index contributed by atoms with van der Waals surface area (Å²) in [5.41, 5.74) is 3.43. The maximum absolute atomic E-state index is 11.3. The van der Waals surface area contributed by atoms with Gasteiger partial charge in [0.05, 0.1) is 44.1 Å². The molecule has 0 aliphatic carbocycles. The predicted molar refractivity (Wildman–Crippen MR) is 325 cm³/mol. The first kappa shape index (κ1) is 72.9. The molecule has 0 bridgehead atoms. The second-order valence-corrected chi connectivity index (χ2v) is 15.1. The second-order valence-electron chi connectivity index (χ2n) is 11.1. The van der Waals surface area contributed by atoms with Crippen molar-refractivity contribution in [1.82, 2.24) is 21.3 Å². The number of hydrogen-bond acceptors (Lipinski definition) is 12. The normalized spacial score (nSPS) is 16.3. The van der Waals surface area contributed by atoms with Crippen LogP contribution in [0.5, 0.6) is 0 Å². The summed E-state index contributed by atoms with van der Waals surface area (Å²) >= 11 is 5.60. The number of allylic oxidation sites excluding steroid dienone is 2. The van der Waals surface area contributed by atoms with Crippen LogP contribution in [0.25, 0.3) is 0 Å². The van der Waals surface area contributed by atoms with E-state index < -0.39 is 0 Å². The molecule has 0 saturated carbocycles. The minimum atomic E-state index is -0.0721. The molecule has 4 aliphatic heterocycles. The molecule has 4 heterocycles. The molecule has 72 heavy (non-hydrogen) atoms. The number of amidine groups is 4. The highest BCUT2D eigenvalue weighted by Gasteiger charge is 2.23. The quantitative estimate of drug-likeness (QED) is 0.147. The Morgan fingerprint density at radius 2 is 0.569 bits per heavy atom. The molecule has 0 unspecified atom stereocenters. The largest absolute Gasteiger partial charge is 0.304 e. The fraction of sp³-hybridized carbons (Fsp3) is 0.357. The topological polar surface area (TPSA) is 166 Å². The molecule has 396 valence electrons. The third-order valence-electron chi connectivity index (χ3n) is 6.95. The van der Waals surface area contributed by atoms with Gasteiger partial charge >= 0.3 is 0 Å². The molecule has 4 aromatic rings. The molecule has 4 saturated heterocycles. The first-order valence-corrected chi connectivity index (χ1v) is 28.6. The van der Waals surface area contributed by atoms with Crippen LogP contribution in [-0.2, 0) is 19.2 Å². The number of nitrogens with one attached hydrogen (secondary N) is 4. The molecule has 0 spiro atoms. The molecule has 4 fully saturated rings. The summed E-state index contributed by atoms with van der Waals surface area (Å²) in [4.78, 5) is 62.8. The molecule has 8 rings (SSSR count). The van der Waals surface area contributed by atoms with E-state index >= 15 is 0 Å². The smallest absolute Gasteiger partial charge is 0.263 e. The van der Waals surface area contributed by atoms with Crippen molar-refractivity contribution < 1.29 is 19.2 Å². The molecular weight excluding hydrogens is 977 g/mol. The van der Waals surface area contributed by atoms with Crippen LogP contribution in [0.15, 0.2) is 163 Å². The van der Waals surface area contributed by atoms with Crippen molar-refractivity contribution in [2.45, 2.75) is 125 Å². The van der Waals surface area contributed by atoms with Crippen molar-refractivity contribution in [3.8, 4) is 0 Å². The van der Waals surface area contributed by atoms with E-state index in [9.17, 15) is 19.2 Å². The maximum atomic E-state index is 11.3. The lowest BCUT2D eigenvalue weighted by Gasteiger charge is -1.95. The molecule has 0 aromatic heterocycles. The third-order valence-corrected chi connectivity index (χ3v) is 10.7. The fourth-order valence-corrected chi connectivity index (χ4v) is 7.32. The molecule has 16 heteroatoms. The summed E-state index contributed by atoms with van der Waals surface area (Å²) in [7, 11) is 0. The number of carbonyl (C=O) groups excluding carboxylic acids is 4. The van der Waals surface area contributed by atoms with Crippen molar-refractivity contribution >= 4 is 114 Å². The SMILES string of the molecule is CC.CC.CC.CC.CC.CC.CC.CC.CC=C1SC(=Nc2ccccc2)NC1=O.CC=C1SC(=Nc2ccccc2)NC1=O.O=C1CSC(=Nc2ccccc2)N1.O=C1CSC(=Nc2ccccc2)N1. The van der Waals surface area contributed by atoms with Gasteiger partial charge in [0.2, 0.25) is 11.8 Å². The van der Waals surface area contributed by atoms with E-state index in [1.54, 1.807) is 12.2 Å². The van der Waals surface area contributed by atoms with Gasteiger partial charge in [-0.1, -0.05) is 219 Å². The number of rotatable bonds is 4. The Balaban J connectivity index is -0.000000391. The Hall–Kier alpha value is -5.68. The number of aliphatic imine (C=N–C) groups is 4. The van der Waals surface area contributed by atoms with Crippen LogP contribution >= 0.6 is 47.0 Å². The van der Waals surface area contributed by atoms with Crippen LogP contribution in [0, 0.1) is 0 Å². The van der Waals surface area contributed by atoms with Gasteiger partial charge in [-0.05, 0) is 85.9 Å². The average Bonchev–Trinajstić information content (AvgIpc) is 4.26. The molecule has 0 radical (unpaired) electrons. The van der Waals surface area contributed by atoms with Gasteiger partial charge in [0, 0.05) is 0 Å². The van der Waals surface area contributed by atoms with E-state index in [1.807, 2.05) is 246 Å². The summed E-state index contributed by atoms with van der Waals surface area (Å²) in [6.07, 6.45) is 3.57. The van der Waals surface area contributed by atoms with Crippen LogP contribution in [-0.4, -0.2) is 55.8 Å². The van der Waals surface area contributed by atoms with Gasteiger partial charge in [-0.3, -0.25) is 19.2 Å². The van der Waals surface area contributed by atoms with E-state index in [1.165, 1.54) is 47.0 Å². The Kier molecular flexibility index (Phi) is 52.3.